The Morgan fingerprint density at radius 3 is 2.42 bits per heavy atom. The van der Waals surface area contributed by atoms with Gasteiger partial charge in [0.15, 0.2) is 13.4 Å². The summed E-state index contributed by atoms with van der Waals surface area (Å²) in [5.74, 6) is 0. The Hall–Kier alpha value is 0.117. The van der Waals surface area contributed by atoms with Crippen LogP contribution in [-0.4, -0.2) is 47.7 Å². The molecular formula is C13H26O4SSi. The second-order valence-corrected chi connectivity index (χ2v) is 12.7. The van der Waals surface area contributed by atoms with Gasteiger partial charge >= 0.3 is 0 Å². The number of hydrogen-bond acceptors (Lipinski definition) is 5. The summed E-state index contributed by atoms with van der Waals surface area (Å²) in [7, 11) is -2.03. The van der Waals surface area contributed by atoms with Gasteiger partial charge in [0.25, 0.3) is 0 Å². The molecular weight excluding hydrogens is 280 g/mol. The minimum atomic E-state index is -2.03. The van der Waals surface area contributed by atoms with Crippen LogP contribution in [0.15, 0.2) is 0 Å². The highest BCUT2D eigenvalue weighted by Gasteiger charge is 2.44. The van der Waals surface area contributed by atoms with Gasteiger partial charge in [-0.3, -0.25) is 4.79 Å². The molecule has 1 fully saturated rings. The standard InChI is InChI=1S/C13H26O4SSi/c1-13(2,3)19(4,5)17-12(9(15)8-14)10-6-7-11(16)18-10/h9-10,12,14-15H,6-8H2,1-5H3/t9-,10-,12-/m0/s1. The molecule has 1 heterocycles. The van der Waals surface area contributed by atoms with Crippen molar-refractivity contribution in [1.29, 1.82) is 0 Å². The molecule has 1 saturated heterocycles. The molecule has 3 atom stereocenters. The zero-order chi connectivity index (χ0) is 14.8. The molecule has 0 spiro atoms. The van der Waals surface area contributed by atoms with Gasteiger partial charge in [-0.15, -0.1) is 0 Å². The van der Waals surface area contributed by atoms with E-state index < -0.39 is 20.5 Å². The van der Waals surface area contributed by atoms with Crippen LogP contribution < -0.4 is 0 Å². The molecule has 0 aliphatic carbocycles. The van der Waals surface area contributed by atoms with Crippen molar-refractivity contribution >= 4 is 25.2 Å². The first-order valence-corrected chi connectivity index (χ1v) is 10.5. The first-order chi connectivity index (χ1) is 8.58. The second kappa shape index (κ2) is 6.26. The van der Waals surface area contributed by atoms with Crippen LogP contribution in [0.3, 0.4) is 0 Å². The van der Waals surface area contributed by atoms with Crippen molar-refractivity contribution in [3.05, 3.63) is 0 Å². The number of aliphatic hydroxyl groups excluding tert-OH is 2. The third-order valence-electron chi connectivity index (χ3n) is 4.09. The van der Waals surface area contributed by atoms with Crippen LogP contribution in [0.4, 0.5) is 0 Å². The topological polar surface area (TPSA) is 66.8 Å². The zero-order valence-corrected chi connectivity index (χ0v) is 14.3. The molecule has 0 amide bonds. The highest BCUT2D eigenvalue weighted by Crippen LogP contribution is 2.41. The van der Waals surface area contributed by atoms with Gasteiger partial charge in [-0.25, -0.2) is 0 Å². The molecule has 19 heavy (non-hydrogen) atoms. The van der Waals surface area contributed by atoms with E-state index in [1.165, 1.54) is 11.8 Å². The fourth-order valence-corrected chi connectivity index (χ4v) is 4.44. The Kier molecular flexibility index (Phi) is 5.66. The maximum Gasteiger partial charge on any atom is 0.192 e. The SMILES string of the molecule is CC(C)(C)[Si](C)(C)O[C@H]([C@@H]1CCC(=O)S1)[C@@H](O)CO. The van der Waals surface area contributed by atoms with Crippen molar-refractivity contribution in [3.8, 4) is 0 Å². The molecule has 0 saturated carbocycles. The second-order valence-electron chi connectivity index (χ2n) is 6.66. The molecule has 1 rings (SSSR count). The summed E-state index contributed by atoms with van der Waals surface area (Å²) in [5.41, 5.74) is 0. The van der Waals surface area contributed by atoms with Gasteiger partial charge < -0.3 is 14.6 Å². The van der Waals surface area contributed by atoms with Crippen molar-refractivity contribution < 1.29 is 19.4 Å². The molecule has 1 aliphatic heterocycles. The van der Waals surface area contributed by atoms with Crippen molar-refractivity contribution in [3.63, 3.8) is 0 Å². The molecule has 2 N–H and O–H groups in total. The molecule has 0 aromatic heterocycles. The summed E-state index contributed by atoms with van der Waals surface area (Å²) in [6, 6.07) is 0. The van der Waals surface area contributed by atoms with Crippen molar-refractivity contribution in [2.75, 3.05) is 6.61 Å². The number of hydrogen-bond donors (Lipinski definition) is 2. The number of aliphatic hydroxyl groups is 2. The monoisotopic (exact) mass is 306 g/mol. The average Bonchev–Trinajstić information content (AvgIpc) is 2.70. The van der Waals surface area contributed by atoms with Crippen LogP contribution in [0.1, 0.15) is 33.6 Å². The van der Waals surface area contributed by atoms with Gasteiger partial charge in [0.2, 0.25) is 0 Å². The molecule has 0 aromatic rings. The summed E-state index contributed by atoms with van der Waals surface area (Å²) >= 11 is 1.26. The maximum absolute atomic E-state index is 11.4. The fraction of sp³-hybridized carbons (Fsp3) is 0.923. The van der Waals surface area contributed by atoms with Crippen LogP contribution in [0.25, 0.3) is 0 Å². The van der Waals surface area contributed by atoms with E-state index in [0.717, 1.165) is 6.42 Å². The minimum absolute atomic E-state index is 0.0354. The summed E-state index contributed by atoms with van der Waals surface area (Å²) in [4.78, 5) is 11.4. The molecule has 0 aromatic carbocycles. The van der Waals surface area contributed by atoms with E-state index in [4.69, 9.17) is 4.43 Å². The predicted octanol–water partition coefficient (Wildman–Crippen LogP) is 2.15. The smallest absolute Gasteiger partial charge is 0.192 e. The normalized spacial score (nSPS) is 24.6. The summed E-state index contributed by atoms with van der Waals surface area (Å²) in [6.45, 7) is 10.3. The first kappa shape index (κ1) is 17.2. The Bertz CT molecular complexity index is 327. The van der Waals surface area contributed by atoms with Crippen LogP contribution >= 0.6 is 11.8 Å². The molecule has 0 unspecified atom stereocenters. The van der Waals surface area contributed by atoms with Crippen LogP contribution in [0, 0.1) is 0 Å². The van der Waals surface area contributed by atoms with Gasteiger partial charge in [0.05, 0.1) is 12.7 Å². The predicted molar refractivity (Wildman–Crippen MR) is 80.8 cm³/mol. The quantitative estimate of drug-likeness (QED) is 0.762. The van der Waals surface area contributed by atoms with Gasteiger partial charge in [0.1, 0.15) is 6.10 Å². The molecule has 4 nitrogen and oxygen atoms in total. The lowest BCUT2D eigenvalue weighted by Gasteiger charge is -2.41. The van der Waals surface area contributed by atoms with E-state index in [-0.39, 0.29) is 22.0 Å². The largest absolute Gasteiger partial charge is 0.410 e. The highest BCUT2D eigenvalue weighted by atomic mass is 32.2. The van der Waals surface area contributed by atoms with Gasteiger partial charge in [0, 0.05) is 11.7 Å². The van der Waals surface area contributed by atoms with Gasteiger partial charge in [-0.2, -0.15) is 0 Å². The van der Waals surface area contributed by atoms with E-state index >= 15 is 0 Å². The lowest BCUT2D eigenvalue weighted by Crippen LogP contribution is -2.51. The Labute approximate surface area is 121 Å². The van der Waals surface area contributed by atoms with Crippen LogP contribution in [-0.2, 0) is 9.22 Å². The van der Waals surface area contributed by atoms with Crippen molar-refractivity contribution in [2.45, 2.75) is 69.2 Å². The Balaban J connectivity index is 2.84. The Morgan fingerprint density at radius 2 is 2.05 bits per heavy atom. The highest BCUT2D eigenvalue weighted by molar-refractivity contribution is 8.14. The minimum Gasteiger partial charge on any atom is -0.410 e. The summed E-state index contributed by atoms with van der Waals surface area (Å²) < 4.78 is 6.24. The summed E-state index contributed by atoms with van der Waals surface area (Å²) in [6.07, 6.45) is -0.120. The van der Waals surface area contributed by atoms with E-state index in [0.29, 0.717) is 6.42 Å². The van der Waals surface area contributed by atoms with Crippen LogP contribution in [0.5, 0.6) is 0 Å². The number of carbonyl (C=O) groups is 1. The molecule has 1 aliphatic rings. The third kappa shape index (κ3) is 4.29. The number of carbonyl (C=O) groups excluding carboxylic acids is 1. The summed E-state index contributed by atoms with van der Waals surface area (Å²) in [5, 5.41) is 19.4. The Morgan fingerprint density at radius 1 is 1.47 bits per heavy atom. The average molecular weight is 306 g/mol. The lowest BCUT2D eigenvalue weighted by atomic mass is 10.1. The molecule has 112 valence electrons. The van der Waals surface area contributed by atoms with Gasteiger partial charge in [-0.05, 0) is 24.6 Å². The maximum atomic E-state index is 11.4. The molecule has 0 bridgehead atoms. The third-order valence-corrected chi connectivity index (χ3v) is 9.83. The fourth-order valence-electron chi connectivity index (χ4n) is 1.80. The van der Waals surface area contributed by atoms with Crippen molar-refractivity contribution in [2.24, 2.45) is 0 Å². The van der Waals surface area contributed by atoms with Gasteiger partial charge in [-0.1, -0.05) is 32.5 Å². The van der Waals surface area contributed by atoms with E-state index in [2.05, 4.69) is 33.9 Å². The zero-order valence-electron chi connectivity index (χ0n) is 12.5. The first-order valence-electron chi connectivity index (χ1n) is 6.74. The number of rotatable bonds is 5. The number of thioether (sulfide) groups is 1. The van der Waals surface area contributed by atoms with E-state index in [1.54, 1.807) is 0 Å². The molecule has 6 heteroatoms. The molecule has 0 radical (unpaired) electrons. The lowest BCUT2D eigenvalue weighted by molar-refractivity contribution is -0.110. The van der Waals surface area contributed by atoms with Crippen LogP contribution in [0.2, 0.25) is 18.1 Å². The van der Waals surface area contributed by atoms with E-state index in [9.17, 15) is 15.0 Å². The van der Waals surface area contributed by atoms with Crippen molar-refractivity contribution in [1.82, 2.24) is 0 Å². The van der Waals surface area contributed by atoms with E-state index in [1.807, 2.05) is 0 Å².